The summed E-state index contributed by atoms with van der Waals surface area (Å²) in [6.45, 7) is 4.81. The fraction of sp³-hybridized carbons (Fsp3) is 0.562. The minimum Gasteiger partial charge on any atom is -0.398 e. The Bertz CT molecular complexity index is 539. The molecule has 21 heavy (non-hydrogen) atoms. The lowest BCUT2D eigenvalue weighted by molar-refractivity contribution is -0.121. The van der Waals surface area contributed by atoms with Crippen molar-refractivity contribution < 1.29 is 9.53 Å². The third-order valence-electron chi connectivity index (χ3n) is 4.38. The molecule has 5 heteroatoms. The van der Waals surface area contributed by atoms with Crippen LogP contribution in [0.25, 0.3) is 0 Å². The topological polar surface area (TPSA) is 67.6 Å². The Kier molecular flexibility index (Phi) is 4.01. The Morgan fingerprint density at radius 1 is 1.43 bits per heavy atom. The van der Waals surface area contributed by atoms with Gasteiger partial charge in [-0.25, -0.2) is 0 Å². The van der Waals surface area contributed by atoms with E-state index in [1.165, 1.54) is 5.56 Å². The van der Waals surface area contributed by atoms with Crippen molar-refractivity contribution in [2.75, 3.05) is 36.9 Å². The molecule has 2 aliphatic rings. The highest BCUT2D eigenvalue weighted by atomic mass is 16.5. The van der Waals surface area contributed by atoms with Crippen LogP contribution in [0.2, 0.25) is 0 Å². The van der Waals surface area contributed by atoms with Gasteiger partial charge in [0.2, 0.25) is 5.91 Å². The number of nitrogen functional groups attached to an aromatic ring is 1. The second kappa shape index (κ2) is 5.93. The van der Waals surface area contributed by atoms with E-state index in [1.54, 1.807) is 0 Å². The van der Waals surface area contributed by atoms with Crippen LogP contribution in [0.15, 0.2) is 12.1 Å². The van der Waals surface area contributed by atoms with Gasteiger partial charge in [0.15, 0.2) is 0 Å². The lowest BCUT2D eigenvalue weighted by Crippen LogP contribution is -2.44. The quantitative estimate of drug-likeness (QED) is 0.822. The number of nitrogens with two attached hydrogens (primary N) is 1. The highest BCUT2D eigenvalue weighted by Gasteiger charge is 2.23. The first-order valence-corrected chi connectivity index (χ1v) is 7.64. The molecule has 1 amide bonds. The minimum atomic E-state index is 0.0916. The standard InChI is InChI=1S/C16H23N3O2/c1-11-8-12-2-5-19(15(12)9-14(11)17)10-16(20)18-13-3-6-21-7-4-13/h8-9,13H,2-7,10,17H2,1H3,(H,18,20). The van der Waals surface area contributed by atoms with Gasteiger partial charge in [-0.3, -0.25) is 4.79 Å². The van der Waals surface area contributed by atoms with Crippen molar-refractivity contribution in [2.45, 2.75) is 32.2 Å². The number of fused-ring (bicyclic) bond motifs is 1. The van der Waals surface area contributed by atoms with Gasteiger partial charge in [-0.15, -0.1) is 0 Å². The van der Waals surface area contributed by atoms with Crippen molar-refractivity contribution in [1.29, 1.82) is 0 Å². The van der Waals surface area contributed by atoms with Crippen molar-refractivity contribution in [2.24, 2.45) is 0 Å². The molecular formula is C16H23N3O2. The van der Waals surface area contributed by atoms with Gasteiger partial charge >= 0.3 is 0 Å². The molecule has 1 saturated heterocycles. The number of rotatable bonds is 3. The molecular weight excluding hydrogens is 266 g/mol. The van der Waals surface area contributed by atoms with Crippen molar-refractivity contribution in [3.8, 4) is 0 Å². The summed E-state index contributed by atoms with van der Waals surface area (Å²) in [6, 6.07) is 4.40. The van der Waals surface area contributed by atoms with E-state index in [-0.39, 0.29) is 11.9 Å². The number of nitrogens with zero attached hydrogens (tertiary/aromatic N) is 1. The Hall–Kier alpha value is -1.75. The molecule has 5 nitrogen and oxygen atoms in total. The molecule has 0 radical (unpaired) electrons. The Morgan fingerprint density at radius 2 is 2.19 bits per heavy atom. The molecule has 0 aromatic heterocycles. The van der Waals surface area contributed by atoms with Crippen LogP contribution in [0.5, 0.6) is 0 Å². The highest BCUT2D eigenvalue weighted by molar-refractivity contribution is 5.83. The molecule has 0 bridgehead atoms. The van der Waals surface area contributed by atoms with Crippen molar-refractivity contribution in [3.05, 3.63) is 23.3 Å². The second-order valence-corrected chi connectivity index (χ2v) is 5.96. The van der Waals surface area contributed by atoms with E-state index < -0.39 is 0 Å². The monoisotopic (exact) mass is 289 g/mol. The van der Waals surface area contributed by atoms with Gasteiger partial charge in [-0.2, -0.15) is 0 Å². The molecule has 0 spiro atoms. The van der Waals surface area contributed by atoms with Crippen LogP contribution in [0, 0.1) is 6.92 Å². The first-order valence-electron chi connectivity index (χ1n) is 7.64. The third-order valence-corrected chi connectivity index (χ3v) is 4.38. The molecule has 1 fully saturated rings. The van der Waals surface area contributed by atoms with E-state index in [2.05, 4.69) is 16.3 Å². The molecule has 1 aromatic rings. The average Bonchev–Trinajstić information content (AvgIpc) is 2.83. The van der Waals surface area contributed by atoms with E-state index in [9.17, 15) is 4.79 Å². The summed E-state index contributed by atoms with van der Waals surface area (Å²) in [4.78, 5) is 14.3. The van der Waals surface area contributed by atoms with Crippen molar-refractivity contribution in [3.63, 3.8) is 0 Å². The van der Waals surface area contributed by atoms with Crippen LogP contribution >= 0.6 is 0 Å². The summed E-state index contributed by atoms with van der Waals surface area (Å²) in [5.74, 6) is 0.0916. The number of carbonyl (C=O) groups is 1. The lowest BCUT2D eigenvalue weighted by atomic mass is 10.1. The van der Waals surface area contributed by atoms with Gasteiger partial charge in [0.25, 0.3) is 0 Å². The molecule has 0 saturated carbocycles. The highest BCUT2D eigenvalue weighted by Crippen LogP contribution is 2.31. The number of benzene rings is 1. The maximum atomic E-state index is 12.2. The van der Waals surface area contributed by atoms with Gasteiger partial charge in [0.05, 0.1) is 6.54 Å². The number of anilines is 2. The lowest BCUT2D eigenvalue weighted by Gasteiger charge is -2.25. The average molecular weight is 289 g/mol. The van der Waals surface area contributed by atoms with E-state index in [4.69, 9.17) is 10.5 Å². The second-order valence-electron chi connectivity index (χ2n) is 5.96. The smallest absolute Gasteiger partial charge is 0.239 e. The van der Waals surface area contributed by atoms with E-state index in [0.29, 0.717) is 6.54 Å². The van der Waals surface area contributed by atoms with E-state index >= 15 is 0 Å². The Balaban J connectivity index is 1.62. The van der Waals surface area contributed by atoms with Gasteiger partial charge in [-0.05, 0) is 43.4 Å². The Labute approximate surface area is 125 Å². The van der Waals surface area contributed by atoms with E-state index in [0.717, 1.165) is 56.0 Å². The van der Waals surface area contributed by atoms with Crippen LogP contribution in [0.3, 0.4) is 0 Å². The normalized spacial score (nSPS) is 18.6. The minimum absolute atomic E-state index is 0.0916. The van der Waals surface area contributed by atoms with Crippen LogP contribution in [0.4, 0.5) is 11.4 Å². The molecule has 2 heterocycles. The fourth-order valence-corrected chi connectivity index (χ4v) is 3.10. The van der Waals surface area contributed by atoms with Gasteiger partial charge in [0, 0.05) is 37.2 Å². The SMILES string of the molecule is Cc1cc2c(cc1N)N(CC(=O)NC1CCOCC1)CC2. The molecule has 2 aliphatic heterocycles. The van der Waals surface area contributed by atoms with Crippen molar-refractivity contribution >= 4 is 17.3 Å². The summed E-state index contributed by atoms with van der Waals surface area (Å²) < 4.78 is 5.31. The number of nitrogens with one attached hydrogen (secondary N) is 1. The maximum Gasteiger partial charge on any atom is 0.239 e. The summed E-state index contributed by atoms with van der Waals surface area (Å²) >= 11 is 0. The molecule has 0 aliphatic carbocycles. The maximum absolute atomic E-state index is 12.2. The number of aryl methyl sites for hydroxylation is 1. The van der Waals surface area contributed by atoms with Crippen LogP contribution < -0.4 is 16.0 Å². The number of amides is 1. The van der Waals surface area contributed by atoms with Crippen LogP contribution in [-0.4, -0.2) is 38.3 Å². The number of carbonyl (C=O) groups excluding carboxylic acids is 1. The molecule has 0 unspecified atom stereocenters. The zero-order valence-electron chi connectivity index (χ0n) is 12.5. The Morgan fingerprint density at radius 3 is 2.95 bits per heavy atom. The molecule has 3 rings (SSSR count). The summed E-state index contributed by atoms with van der Waals surface area (Å²) in [7, 11) is 0. The van der Waals surface area contributed by atoms with Crippen LogP contribution in [0.1, 0.15) is 24.0 Å². The zero-order chi connectivity index (χ0) is 14.8. The van der Waals surface area contributed by atoms with Crippen LogP contribution in [-0.2, 0) is 16.0 Å². The molecule has 1 aromatic carbocycles. The number of hydrogen-bond donors (Lipinski definition) is 2. The third kappa shape index (κ3) is 3.13. The first-order chi connectivity index (χ1) is 10.1. The summed E-state index contributed by atoms with van der Waals surface area (Å²) in [6.07, 6.45) is 2.81. The molecule has 3 N–H and O–H groups in total. The number of hydrogen-bond acceptors (Lipinski definition) is 4. The largest absolute Gasteiger partial charge is 0.398 e. The van der Waals surface area contributed by atoms with E-state index in [1.807, 2.05) is 13.0 Å². The fourth-order valence-electron chi connectivity index (χ4n) is 3.10. The number of ether oxygens (including phenoxy) is 1. The predicted molar refractivity (Wildman–Crippen MR) is 83.5 cm³/mol. The summed E-state index contributed by atoms with van der Waals surface area (Å²) in [5.41, 5.74) is 10.3. The van der Waals surface area contributed by atoms with Crippen molar-refractivity contribution in [1.82, 2.24) is 5.32 Å². The summed E-state index contributed by atoms with van der Waals surface area (Å²) in [5, 5.41) is 3.11. The van der Waals surface area contributed by atoms with Gasteiger partial charge in [-0.1, -0.05) is 6.07 Å². The zero-order valence-corrected chi connectivity index (χ0v) is 12.5. The van der Waals surface area contributed by atoms with Gasteiger partial charge in [0.1, 0.15) is 0 Å². The molecule has 0 atom stereocenters. The molecule has 114 valence electrons. The predicted octanol–water partition coefficient (Wildman–Crippen LogP) is 1.23. The first kappa shape index (κ1) is 14.2. The van der Waals surface area contributed by atoms with Gasteiger partial charge < -0.3 is 20.7 Å².